The van der Waals surface area contributed by atoms with Crippen molar-refractivity contribution in [2.45, 2.75) is 24.8 Å². The lowest BCUT2D eigenvalue weighted by atomic mass is 9.85. The molecule has 0 saturated heterocycles. The van der Waals surface area contributed by atoms with Gasteiger partial charge in [-0.2, -0.15) is 0 Å². The van der Waals surface area contributed by atoms with Crippen LogP contribution in [-0.2, 0) is 12.8 Å². The summed E-state index contributed by atoms with van der Waals surface area (Å²) in [5.41, 5.74) is 14.5. The van der Waals surface area contributed by atoms with Gasteiger partial charge in [0.2, 0.25) is 0 Å². The first-order valence-electron chi connectivity index (χ1n) is 10.8. The third kappa shape index (κ3) is 4.34. The van der Waals surface area contributed by atoms with Crippen LogP contribution in [0.5, 0.6) is 0 Å². The summed E-state index contributed by atoms with van der Waals surface area (Å²) >= 11 is 12.3. The second-order valence-corrected chi connectivity index (χ2v) is 9.27. The van der Waals surface area contributed by atoms with Crippen molar-refractivity contribution in [1.82, 2.24) is 0 Å². The lowest BCUT2D eigenvalue weighted by Gasteiger charge is -2.22. The van der Waals surface area contributed by atoms with Gasteiger partial charge in [-0.25, -0.2) is 0 Å². The van der Waals surface area contributed by atoms with Crippen molar-refractivity contribution < 1.29 is 0 Å². The molecule has 3 N–H and O–H groups in total. The molecule has 1 aliphatic rings. The van der Waals surface area contributed by atoms with Crippen LogP contribution in [0.3, 0.4) is 0 Å². The van der Waals surface area contributed by atoms with E-state index in [0.29, 0.717) is 6.04 Å². The number of hydrogen-bond donors (Lipinski definition) is 2. The Labute approximate surface area is 199 Å². The number of anilines is 2. The molecule has 4 heteroatoms. The number of nitrogen functional groups attached to an aromatic ring is 1. The third-order valence-corrected chi connectivity index (χ3v) is 6.73. The molecule has 0 saturated carbocycles. The van der Waals surface area contributed by atoms with E-state index in [4.69, 9.17) is 28.9 Å². The standard InChI is InChI=1S/C28H24Cl2N2/c29-23-10-5-18(6-11-23)28(19-7-12-24(30)13-8-19)22-9-14-26(31)27(17-22)32-25-15-20-3-1-2-4-21(20)16-25/h1-14,17,25,28,32H,15-16,31H2. The van der Waals surface area contributed by atoms with E-state index in [0.717, 1.165) is 34.3 Å². The molecule has 0 heterocycles. The molecule has 0 radical (unpaired) electrons. The van der Waals surface area contributed by atoms with Crippen LogP contribution in [0.4, 0.5) is 11.4 Å². The van der Waals surface area contributed by atoms with Crippen molar-refractivity contribution in [3.05, 3.63) is 129 Å². The smallest absolute Gasteiger partial charge is 0.0579 e. The molecule has 0 amide bonds. The van der Waals surface area contributed by atoms with Gasteiger partial charge in [-0.15, -0.1) is 0 Å². The fourth-order valence-corrected chi connectivity index (χ4v) is 4.90. The number of benzene rings is 4. The Morgan fingerprint density at radius 1 is 0.688 bits per heavy atom. The molecule has 0 aliphatic heterocycles. The van der Waals surface area contributed by atoms with Crippen LogP contribution in [0.2, 0.25) is 10.0 Å². The topological polar surface area (TPSA) is 38.0 Å². The Balaban J connectivity index is 1.49. The summed E-state index contributed by atoms with van der Waals surface area (Å²) in [5.74, 6) is 0.0476. The lowest BCUT2D eigenvalue weighted by molar-refractivity contribution is 0.774. The zero-order valence-corrected chi connectivity index (χ0v) is 19.1. The summed E-state index contributed by atoms with van der Waals surface area (Å²) in [4.78, 5) is 0. The molecule has 4 aromatic carbocycles. The van der Waals surface area contributed by atoms with Gasteiger partial charge in [0.1, 0.15) is 0 Å². The summed E-state index contributed by atoms with van der Waals surface area (Å²) < 4.78 is 0. The van der Waals surface area contributed by atoms with Gasteiger partial charge in [-0.05, 0) is 77.1 Å². The summed E-state index contributed by atoms with van der Waals surface area (Å²) in [6.07, 6.45) is 2.02. The average Bonchev–Trinajstić information content (AvgIpc) is 3.21. The molecular formula is C28H24Cl2N2. The molecule has 32 heavy (non-hydrogen) atoms. The van der Waals surface area contributed by atoms with E-state index < -0.39 is 0 Å². The summed E-state index contributed by atoms with van der Waals surface area (Å²) in [7, 11) is 0. The number of halogens is 2. The average molecular weight is 459 g/mol. The molecule has 1 aliphatic carbocycles. The van der Waals surface area contributed by atoms with E-state index in [1.54, 1.807) is 0 Å². The van der Waals surface area contributed by atoms with E-state index in [9.17, 15) is 0 Å². The molecular weight excluding hydrogens is 435 g/mol. The number of hydrogen-bond acceptors (Lipinski definition) is 2. The minimum atomic E-state index is 0.0476. The van der Waals surface area contributed by atoms with Gasteiger partial charge < -0.3 is 11.1 Å². The molecule has 4 aromatic rings. The Hall–Kier alpha value is -2.94. The Morgan fingerprint density at radius 2 is 1.19 bits per heavy atom. The molecule has 0 bridgehead atoms. The second-order valence-electron chi connectivity index (χ2n) is 8.40. The summed E-state index contributed by atoms with van der Waals surface area (Å²) in [6.45, 7) is 0. The minimum absolute atomic E-state index is 0.0476. The maximum atomic E-state index is 6.39. The van der Waals surface area contributed by atoms with Crippen LogP contribution in [0.1, 0.15) is 33.7 Å². The lowest BCUT2D eigenvalue weighted by Crippen LogP contribution is -2.20. The maximum Gasteiger partial charge on any atom is 0.0579 e. The first-order chi connectivity index (χ1) is 15.6. The van der Waals surface area contributed by atoms with Crippen molar-refractivity contribution in [2.75, 3.05) is 11.1 Å². The fourth-order valence-electron chi connectivity index (χ4n) is 4.65. The van der Waals surface area contributed by atoms with Crippen molar-refractivity contribution in [1.29, 1.82) is 0 Å². The van der Waals surface area contributed by atoms with Crippen LogP contribution in [0.25, 0.3) is 0 Å². The first kappa shape index (κ1) is 20.9. The number of nitrogens with two attached hydrogens (primary N) is 1. The van der Waals surface area contributed by atoms with E-state index >= 15 is 0 Å². The Bertz CT molecular complexity index is 1160. The normalized spacial score (nSPS) is 13.3. The monoisotopic (exact) mass is 458 g/mol. The predicted octanol–water partition coefficient (Wildman–Crippen LogP) is 7.34. The SMILES string of the molecule is Nc1ccc(C(c2ccc(Cl)cc2)c2ccc(Cl)cc2)cc1NC1Cc2ccccc2C1. The van der Waals surface area contributed by atoms with E-state index in [1.807, 2.05) is 30.3 Å². The second kappa shape index (κ2) is 8.90. The summed E-state index contributed by atoms with van der Waals surface area (Å²) in [5, 5.41) is 5.16. The van der Waals surface area contributed by atoms with Crippen molar-refractivity contribution >= 4 is 34.6 Å². The number of nitrogens with one attached hydrogen (secondary N) is 1. The molecule has 5 rings (SSSR count). The molecule has 0 aromatic heterocycles. The van der Waals surface area contributed by atoms with Crippen LogP contribution < -0.4 is 11.1 Å². The van der Waals surface area contributed by atoms with Crippen LogP contribution in [-0.4, -0.2) is 6.04 Å². The van der Waals surface area contributed by atoms with Gasteiger partial charge in [0.05, 0.1) is 11.4 Å². The van der Waals surface area contributed by atoms with Gasteiger partial charge >= 0.3 is 0 Å². The van der Waals surface area contributed by atoms with Crippen molar-refractivity contribution in [3.8, 4) is 0 Å². The van der Waals surface area contributed by atoms with Gasteiger partial charge in [0.15, 0.2) is 0 Å². The fraction of sp³-hybridized carbons (Fsp3) is 0.143. The van der Waals surface area contributed by atoms with Gasteiger partial charge in [0, 0.05) is 22.0 Å². The Kier molecular flexibility index (Phi) is 5.82. The van der Waals surface area contributed by atoms with Crippen molar-refractivity contribution in [2.24, 2.45) is 0 Å². The third-order valence-electron chi connectivity index (χ3n) is 6.23. The van der Waals surface area contributed by atoms with Crippen molar-refractivity contribution in [3.63, 3.8) is 0 Å². The zero-order chi connectivity index (χ0) is 22.1. The Morgan fingerprint density at radius 3 is 1.72 bits per heavy atom. The van der Waals surface area contributed by atoms with Crippen LogP contribution in [0.15, 0.2) is 91.0 Å². The highest BCUT2D eigenvalue weighted by Gasteiger charge is 2.23. The van der Waals surface area contributed by atoms with Gasteiger partial charge in [-0.3, -0.25) is 0 Å². The molecule has 0 spiro atoms. The maximum absolute atomic E-state index is 6.39. The van der Waals surface area contributed by atoms with E-state index in [1.165, 1.54) is 27.8 Å². The highest BCUT2D eigenvalue weighted by Crippen LogP contribution is 2.36. The van der Waals surface area contributed by atoms with E-state index in [-0.39, 0.29) is 5.92 Å². The highest BCUT2D eigenvalue weighted by atomic mass is 35.5. The quantitative estimate of drug-likeness (QED) is 0.242. The van der Waals surface area contributed by atoms with Crippen LogP contribution in [0, 0.1) is 0 Å². The minimum Gasteiger partial charge on any atom is -0.397 e. The predicted molar refractivity (Wildman–Crippen MR) is 136 cm³/mol. The molecule has 0 atom stereocenters. The van der Waals surface area contributed by atoms with Gasteiger partial charge in [-0.1, -0.05) is 77.8 Å². The highest BCUT2D eigenvalue weighted by molar-refractivity contribution is 6.30. The van der Waals surface area contributed by atoms with Gasteiger partial charge in [0.25, 0.3) is 0 Å². The van der Waals surface area contributed by atoms with E-state index in [2.05, 4.69) is 66.0 Å². The first-order valence-corrected chi connectivity index (χ1v) is 11.6. The largest absolute Gasteiger partial charge is 0.397 e. The molecule has 0 unspecified atom stereocenters. The molecule has 2 nitrogen and oxygen atoms in total. The molecule has 0 fully saturated rings. The summed E-state index contributed by atoms with van der Waals surface area (Å²) in [6, 6.07) is 31.4. The van der Waals surface area contributed by atoms with Crippen LogP contribution >= 0.6 is 23.2 Å². The zero-order valence-electron chi connectivity index (χ0n) is 17.6. The number of rotatable bonds is 5. The molecule has 160 valence electrons. The number of fused-ring (bicyclic) bond motifs is 1.